The highest BCUT2D eigenvalue weighted by Crippen LogP contribution is 2.32. The first-order valence-electron chi connectivity index (χ1n) is 12.7. The normalized spacial score (nSPS) is 15.7. The number of benzene rings is 2. The molecule has 1 atom stereocenters. The smallest absolute Gasteiger partial charge is 0.338 e. The van der Waals surface area contributed by atoms with E-state index < -0.39 is 12.0 Å². The van der Waals surface area contributed by atoms with E-state index in [1.54, 1.807) is 25.3 Å². The van der Waals surface area contributed by atoms with Crippen molar-refractivity contribution >= 4 is 34.3 Å². The molecule has 2 aromatic heterocycles. The van der Waals surface area contributed by atoms with Crippen molar-refractivity contribution in [2.75, 3.05) is 6.61 Å². The zero-order chi connectivity index (χ0) is 27.1. The standard InChI is InChI=1S/C30H31N3O4S/c1-7-36-21-14-12-20(13-15-21)27-26(29(35)37-17(2)3)18(4)31-30-33(27)28(34)25(38-30)16-23-19(5)32(6)24-11-9-8-10-22(23)24/h8-17,27H,7H2,1-6H3/b25-16+/t27-/m1/s1. The third-order valence-electron chi connectivity index (χ3n) is 6.82. The molecule has 8 heteroatoms. The average molecular weight is 530 g/mol. The summed E-state index contributed by atoms with van der Waals surface area (Å²) in [5.74, 6) is 0.251. The Hall–Kier alpha value is -3.91. The number of thiazole rings is 1. The molecule has 1 aliphatic heterocycles. The van der Waals surface area contributed by atoms with Crippen molar-refractivity contribution in [3.05, 3.63) is 96.3 Å². The van der Waals surface area contributed by atoms with Crippen LogP contribution in [0, 0.1) is 6.92 Å². The number of aryl methyl sites for hydroxylation is 1. The Morgan fingerprint density at radius 3 is 2.53 bits per heavy atom. The molecule has 0 amide bonds. The Morgan fingerprint density at radius 1 is 1.13 bits per heavy atom. The first kappa shape index (κ1) is 25.7. The molecule has 196 valence electrons. The summed E-state index contributed by atoms with van der Waals surface area (Å²) in [4.78, 5) is 32.6. The third kappa shape index (κ3) is 4.39. The first-order chi connectivity index (χ1) is 18.2. The van der Waals surface area contributed by atoms with Crippen LogP contribution in [0.2, 0.25) is 0 Å². The molecule has 0 N–H and O–H groups in total. The van der Waals surface area contributed by atoms with E-state index in [1.165, 1.54) is 11.3 Å². The lowest BCUT2D eigenvalue weighted by molar-refractivity contribution is -0.143. The van der Waals surface area contributed by atoms with Gasteiger partial charge in [-0.1, -0.05) is 41.7 Å². The van der Waals surface area contributed by atoms with Gasteiger partial charge in [-0.05, 0) is 64.5 Å². The predicted octanol–water partition coefficient (Wildman–Crippen LogP) is 4.39. The van der Waals surface area contributed by atoms with E-state index in [1.807, 2.05) is 56.4 Å². The highest BCUT2D eigenvalue weighted by molar-refractivity contribution is 7.07. The van der Waals surface area contributed by atoms with Gasteiger partial charge in [0, 0.05) is 29.2 Å². The third-order valence-corrected chi connectivity index (χ3v) is 7.80. The number of esters is 1. The molecule has 2 aromatic carbocycles. The Labute approximate surface area is 225 Å². The number of allylic oxidation sites excluding steroid dienone is 1. The van der Waals surface area contributed by atoms with Gasteiger partial charge in [0.15, 0.2) is 4.80 Å². The zero-order valence-electron chi connectivity index (χ0n) is 22.4. The van der Waals surface area contributed by atoms with Crippen molar-refractivity contribution in [2.24, 2.45) is 12.0 Å². The number of para-hydroxylation sites is 1. The molecule has 0 radical (unpaired) electrons. The minimum atomic E-state index is -0.663. The van der Waals surface area contributed by atoms with E-state index in [4.69, 9.17) is 14.5 Å². The molecule has 5 rings (SSSR count). The molecular weight excluding hydrogens is 498 g/mol. The summed E-state index contributed by atoms with van der Waals surface area (Å²) in [5, 5.41) is 1.08. The monoisotopic (exact) mass is 529 g/mol. The molecule has 0 aliphatic carbocycles. The number of fused-ring (bicyclic) bond motifs is 2. The van der Waals surface area contributed by atoms with E-state index in [0.717, 1.165) is 33.5 Å². The van der Waals surface area contributed by atoms with Crippen molar-refractivity contribution in [1.82, 2.24) is 9.13 Å². The van der Waals surface area contributed by atoms with Gasteiger partial charge in [-0.15, -0.1) is 0 Å². The topological polar surface area (TPSA) is 74.8 Å². The van der Waals surface area contributed by atoms with E-state index in [9.17, 15) is 9.59 Å². The summed E-state index contributed by atoms with van der Waals surface area (Å²) >= 11 is 1.33. The fourth-order valence-corrected chi connectivity index (χ4v) is 5.98. The molecule has 0 bridgehead atoms. The Morgan fingerprint density at radius 2 is 1.84 bits per heavy atom. The van der Waals surface area contributed by atoms with Crippen molar-refractivity contribution in [2.45, 2.75) is 46.8 Å². The van der Waals surface area contributed by atoms with Crippen LogP contribution >= 0.6 is 11.3 Å². The van der Waals surface area contributed by atoms with E-state index in [0.29, 0.717) is 27.2 Å². The van der Waals surface area contributed by atoms with Crippen LogP contribution in [0.25, 0.3) is 17.0 Å². The van der Waals surface area contributed by atoms with Crippen LogP contribution in [0.4, 0.5) is 0 Å². The molecule has 0 saturated heterocycles. The highest BCUT2D eigenvalue weighted by atomic mass is 32.1. The lowest BCUT2D eigenvalue weighted by atomic mass is 9.96. The van der Waals surface area contributed by atoms with Crippen molar-refractivity contribution in [3.8, 4) is 5.75 Å². The zero-order valence-corrected chi connectivity index (χ0v) is 23.3. The second kappa shape index (κ2) is 10.1. The largest absolute Gasteiger partial charge is 0.494 e. The summed E-state index contributed by atoms with van der Waals surface area (Å²) in [6.45, 7) is 9.94. The van der Waals surface area contributed by atoms with Gasteiger partial charge in [0.1, 0.15) is 5.75 Å². The van der Waals surface area contributed by atoms with E-state index in [-0.39, 0.29) is 11.7 Å². The number of hydrogen-bond acceptors (Lipinski definition) is 6. The van der Waals surface area contributed by atoms with Gasteiger partial charge in [0.25, 0.3) is 5.56 Å². The molecule has 3 heterocycles. The van der Waals surface area contributed by atoms with Crippen LogP contribution in [0.15, 0.2) is 69.6 Å². The van der Waals surface area contributed by atoms with Crippen LogP contribution in [0.1, 0.15) is 50.6 Å². The molecule has 7 nitrogen and oxygen atoms in total. The Kier molecular flexibility index (Phi) is 6.84. The maximum Gasteiger partial charge on any atom is 0.338 e. The molecule has 38 heavy (non-hydrogen) atoms. The molecule has 0 fully saturated rings. The van der Waals surface area contributed by atoms with Gasteiger partial charge in [0.05, 0.1) is 34.6 Å². The maximum absolute atomic E-state index is 14.0. The van der Waals surface area contributed by atoms with E-state index >= 15 is 0 Å². The molecule has 4 aromatic rings. The molecular formula is C30H31N3O4S. The fourth-order valence-electron chi connectivity index (χ4n) is 4.95. The minimum absolute atomic E-state index is 0.192. The molecule has 0 spiro atoms. The van der Waals surface area contributed by atoms with Crippen LogP contribution in [-0.4, -0.2) is 27.8 Å². The van der Waals surface area contributed by atoms with Crippen molar-refractivity contribution < 1.29 is 14.3 Å². The van der Waals surface area contributed by atoms with Gasteiger partial charge < -0.3 is 14.0 Å². The predicted molar refractivity (Wildman–Crippen MR) is 150 cm³/mol. The summed E-state index contributed by atoms with van der Waals surface area (Å²) < 4.78 is 15.5. The van der Waals surface area contributed by atoms with Gasteiger partial charge >= 0.3 is 5.97 Å². The Bertz CT molecular complexity index is 1750. The van der Waals surface area contributed by atoms with Crippen molar-refractivity contribution in [3.63, 3.8) is 0 Å². The number of carbonyl (C=O) groups excluding carboxylic acids is 1. The molecule has 0 unspecified atom stereocenters. The van der Waals surface area contributed by atoms with Gasteiger partial charge in [-0.3, -0.25) is 9.36 Å². The molecule has 0 saturated carbocycles. The maximum atomic E-state index is 14.0. The van der Waals surface area contributed by atoms with Gasteiger partial charge in [0.2, 0.25) is 0 Å². The number of carbonyl (C=O) groups is 1. The quantitative estimate of drug-likeness (QED) is 0.348. The average Bonchev–Trinajstić information content (AvgIpc) is 3.32. The lowest BCUT2D eigenvalue weighted by Gasteiger charge is -2.25. The summed E-state index contributed by atoms with van der Waals surface area (Å²) in [5.41, 5.74) is 4.67. The van der Waals surface area contributed by atoms with Crippen LogP contribution in [0.3, 0.4) is 0 Å². The summed E-state index contributed by atoms with van der Waals surface area (Å²) in [6.07, 6.45) is 1.64. The van der Waals surface area contributed by atoms with Crippen LogP contribution < -0.4 is 19.6 Å². The number of rotatable bonds is 6. The lowest BCUT2D eigenvalue weighted by Crippen LogP contribution is -2.40. The Balaban J connectivity index is 1.73. The summed E-state index contributed by atoms with van der Waals surface area (Å²) in [7, 11) is 2.03. The van der Waals surface area contributed by atoms with Gasteiger partial charge in [-0.25, -0.2) is 9.79 Å². The first-order valence-corrected chi connectivity index (χ1v) is 13.5. The van der Waals surface area contributed by atoms with E-state index in [2.05, 4.69) is 23.6 Å². The number of hydrogen-bond donors (Lipinski definition) is 0. The van der Waals surface area contributed by atoms with Crippen molar-refractivity contribution in [1.29, 1.82) is 0 Å². The van der Waals surface area contributed by atoms with Crippen LogP contribution in [0.5, 0.6) is 5.75 Å². The second-order valence-corrected chi connectivity index (χ2v) is 10.6. The van der Waals surface area contributed by atoms with Crippen LogP contribution in [-0.2, 0) is 16.6 Å². The highest BCUT2D eigenvalue weighted by Gasteiger charge is 2.34. The second-order valence-electron chi connectivity index (χ2n) is 9.61. The number of nitrogens with zero attached hydrogens (tertiary/aromatic N) is 3. The minimum Gasteiger partial charge on any atom is -0.494 e. The fraction of sp³-hybridized carbons (Fsp3) is 0.300. The molecule has 1 aliphatic rings. The number of ether oxygens (including phenoxy) is 2. The number of aromatic nitrogens is 2. The SMILES string of the molecule is CCOc1ccc([C@@H]2C(C(=O)OC(C)C)=C(C)N=c3s/c(=C/c4c(C)n(C)c5ccccc45)c(=O)n32)cc1. The summed E-state index contributed by atoms with van der Waals surface area (Å²) in [6, 6.07) is 15.0. The van der Waals surface area contributed by atoms with Gasteiger partial charge in [-0.2, -0.15) is 0 Å².